The molecule has 0 saturated carbocycles. The van der Waals surface area contributed by atoms with Crippen molar-refractivity contribution in [1.29, 1.82) is 5.41 Å². The third-order valence-corrected chi connectivity index (χ3v) is 3.66. The van der Waals surface area contributed by atoms with Gasteiger partial charge in [-0.3, -0.25) is 5.41 Å². The third-order valence-electron chi connectivity index (χ3n) is 2.66. The van der Waals surface area contributed by atoms with Crippen LogP contribution in [0.1, 0.15) is 21.8 Å². The fourth-order valence-electron chi connectivity index (χ4n) is 1.68. The van der Waals surface area contributed by atoms with Crippen LogP contribution in [0.3, 0.4) is 0 Å². The molecule has 19 heavy (non-hydrogen) atoms. The summed E-state index contributed by atoms with van der Waals surface area (Å²) in [6.45, 7) is 4.38. The lowest BCUT2D eigenvalue weighted by Gasteiger charge is -2.07. The van der Waals surface area contributed by atoms with Crippen LogP contribution in [0.5, 0.6) is 5.88 Å². The Balaban J connectivity index is 2.00. The van der Waals surface area contributed by atoms with Gasteiger partial charge in [0.15, 0.2) is 0 Å². The minimum Gasteiger partial charge on any atom is -0.477 e. The van der Waals surface area contributed by atoms with Gasteiger partial charge in [-0.15, -0.1) is 11.3 Å². The number of amidine groups is 1. The lowest BCUT2D eigenvalue weighted by Crippen LogP contribution is -2.12. The maximum Gasteiger partial charge on any atom is 0.214 e. The first-order valence-electron chi connectivity index (χ1n) is 5.91. The molecular weight excluding hydrogens is 260 g/mol. The molecule has 0 amide bonds. The molecule has 0 spiro atoms. The van der Waals surface area contributed by atoms with Crippen LogP contribution in [0.4, 0.5) is 0 Å². The minimum atomic E-state index is 0.0219. The average molecular weight is 276 g/mol. The normalized spacial score (nSPS) is 10.4. The Hall–Kier alpha value is -1.95. The van der Waals surface area contributed by atoms with Crippen molar-refractivity contribution in [2.75, 3.05) is 6.61 Å². The Kier molecular flexibility index (Phi) is 4.11. The van der Waals surface area contributed by atoms with Gasteiger partial charge >= 0.3 is 0 Å². The first-order valence-corrected chi connectivity index (χ1v) is 6.79. The number of ether oxygens (including phenoxy) is 1. The number of nitrogens with one attached hydrogen (secondary N) is 1. The van der Waals surface area contributed by atoms with Gasteiger partial charge in [0.2, 0.25) is 5.88 Å². The second kappa shape index (κ2) is 5.79. The maximum absolute atomic E-state index is 7.44. The van der Waals surface area contributed by atoms with E-state index in [9.17, 15) is 0 Å². The lowest BCUT2D eigenvalue weighted by molar-refractivity contribution is 0.309. The number of rotatable bonds is 5. The van der Waals surface area contributed by atoms with Crippen molar-refractivity contribution in [2.45, 2.75) is 20.3 Å². The molecule has 0 radical (unpaired) electrons. The van der Waals surface area contributed by atoms with Gasteiger partial charge in [0.25, 0.3) is 0 Å². The van der Waals surface area contributed by atoms with Crippen LogP contribution in [0.2, 0.25) is 0 Å². The van der Waals surface area contributed by atoms with Crippen LogP contribution >= 0.6 is 11.3 Å². The highest BCUT2D eigenvalue weighted by molar-refractivity contribution is 7.09. The second-order valence-electron chi connectivity index (χ2n) is 4.21. The summed E-state index contributed by atoms with van der Waals surface area (Å²) in [5, 5.41) is 7.44. The Morgan fingerprint density at radius 3 is 2.84 bits per heavy atom. The summed E-state index contributed by atoms with van der Waals surface area (Å²) in [6, 6.07) is 3.46. The van der Waals surface area contributed by atoms with Crippen LogP contribution in [0, 0.1) is 19.3 Å². The highest BCUT2D eigenvalue weighted by Crippen LogP contribution is 2.15. The van der Waals surface area contributed by atoms with E-state index in [1.807, 2.05) is 19.4 Å². The van der Waals surface area contributed by atoms with Crippen LogP contribution in [0.15, 0.2) is 17.6 Å². The van der Waals surface area contributed by atoms with Crippen molar-refractivity contribution < 1.29 is 4.74 Å². The SMILES string of the molecule is Cc1cc(C(=N)N)cc(OCCc2scnc2C)n1. The molecule has 6 heteroatoms. The van der Waals surface area contributed by atoms with Crippen LogP contribution in [-0.2, 0) is 6.42 Å². The maximum atomic E-state index is 7.44. The van der Waals surface area contributed by atoms with Crippen LogP contribution in [-0.4, -0.2) is 22.4 Å². The van der Waals surface area contributed by atoms with E-state index in [1.165, 1.54) is 4.88 Å². The highest BCUT2D eigenvalue weighted by Gasteiger charge is 2.05. The first kappa shape index (κ1) is 13.5. The van der Waals surface area contributed by atoms with Crippen molar-refractivity contribution in [2.24, 2.45) is 5.73 Å². The predicted molar refractivity (Wildman–Crippen MR) is 76.0 cm³/mol. The standard InChI is InChI=1S/C13H16N4OS/c1-8-5-10(13(14)15)6-12(17-8)18-4-3-11-9(2)16-7-19-11/h5-7H,3-4H2,1-2H3,(H3,14,15). The number of nitrogens with zero attached hydrogens (tertiary/aromatic N) is 2. The molecule has 0 aliphatic heterocycles. The van der Waals surface area contributed by atoms with Crippen molar-refractivity contribution in [3.63, 3.8) is 0 Å². The van der Waals surface area contributed by atoms with E-state index >= 15 is 0 Å². The Morgan fingerprint density at radius 2 is 2.21 bits per heavy atom. The summed E-state index contributed by atoms with van der Waals surface area (Å²) < 4.78 is 5.62. The van der Waals surface area contributed by atoms with Gasteiger partial charge in [-0.05, 0) is 19.9 Å². The topological polar surface area (TPSA) is 84.9 Å². The summed E-state index contributed by atoms with van der Waals surface area (Å²) in [6.07, 6.45) is 0.807. The number of aryl methyl sites for hydroxylation is 2. The van der Waals surface area contributed by atoms with Crippen molar-refractivity contribution in [3.8, 4) is 5.88 Å². The predicted octanol–water partition coefficient (Wildman–Crippen LogP) is 2.06. The molecule has 0 aliphatic carbocycles. The van der Waals surface area contributed by atoms with E-state index in [0.717, 1.165) is 17.8 Å². The van der Waals surface area contributed by atoms with Crippen molar-refractivity contribution >= 4 is 17.2 Å². The van der Waals surface area contributed by atoms with Crippen molar-refractivity contribution in [3.05, 3.63) is 39.5 Å². The average Bonchev–Trinajstić information content (AvgIpc) is 2.74. The van der Waals surface area contributed by atoms with Gasteiger partial charge in [-0.1, -0.05) is 0 Å². The molecule has 2 aromatic rings. The van der Waals surface area contributed by atoms with Gasteiger partial charge in [0.05, 0.1) is 17.8 Å². The Morgan fingerprint density at radius 1 is 1.42 bits per heavy atom. The summed E-state index contributed by atoms with van der Waals surface area (Å²) in [4.78, 5) is 9.69. The first-order chi connectivity index (χ1) is 9.06. The number of hydrogen-bond acceptors (Lipinski definition) is 5. The molecule has 0 fully saturated rings. The summed E-state index contributed by atoms with van der Waals surface area (Å²) in [7, 11) is 0. The highest BCUT2D eigenvalue weighted by atomic mass is 32.1. The van der Waals surface area contributed by atoms with E-state index in [-0.39, 0.29) is 5.84 Å². The molecule has 3 N–H and O–H groups in total. The number of nitrogens with two attached hydrogens (primary N) is 1. The number of pyridine rings is 1. The quantitative estimate of drug-likeness (QED) is 0.646. The zero-order valence-corrected chi connectivity index (χ0v) is 11.8. The number of aromatic nitrogens is 2. The fourth-order valence-corrected chi connectivity index (χ4v) is 2.44. The van der Waals surface area contributed by atoms with E-state index in [2.05, 4.69) is 9.97 Å². The second-order valence-corrected chi connectivity index (χ2v) is 5.15. The summed E-state index contributed by atoms with van der Waals surface area (Å²) in [5.74, 6) is 0.529. The largest absolute Gasteiger partial charge is 0.477 e. The molecule has 2 rings (SSSR count). The fraction of sp³-hybridized carbons (Fsp3) is 0.308. The lowest BCUT2D eigenvalue weighted by atomic mass is 10.2. The molecule has 0 bridgehead atoms. The Bertz CT molecular complexity index is 594. The summed E-state index contributed by atoms with van der Waals surface area (Å²) in [5.41, 5.74) is 9.78. The van der Waals surface area contributed by atoms with E-state index in [0.29, 0.717) is 18.1 Å². The molecule has 100 valence electrons. The zero-order chi connectivity index (χ0) is 13.8. The van der Waals surface area contributed by atoms with Gasteiger partial charge < -0.3 is 10.5 Å². The molecule has 0 atom stereocenters. The van der Waals surface area contributed by atoms with Crippen molar-refractivity contribution in [1.82, 2.24) is 9.97 Å². The smallest absolute Gasteiger partial charge is 0.214 e. The molecule has 2 aromatic heterocycles. The van der Waals surface area contributed by atoms with Gasteiger partial charge in [-0.2, -0.15) is 0 Å². The van der Waals surface area contributed by atoms with Gasteiger partial charge in [-0.25, -0.2) is 9.97 Å². The summed E-state index contributed by atoms with van der Waals surface area (Å²) >= 11 is 1.63. The molecule has 0 unspecified atom stereocenters. The number of hydrogen-bond donors (Lipinski definition) is 2. The van der Waals surface area contributed by atoms with Crippen LogP contribution in [0.25, 0.3) is 0 Å². The monoisotopic (exact) mass is 276 g/mol. The number of thiazole rings is 1. The molecule has 0 aliphatic rings. The molecular formula is C13H16N4OS. The van der Waals surface area contributed by atoms with Crippen LogP contribution < -0.4 is 10.5 Å². The number of nitrogen functional groups attached to an aromatic ring is 1. The molecule has 2 heterocycles. The zero-order valence-electron chi connectivity index (χ0n) is 10.9. The van der Waals surface area contributed by atoms with Gasteiger partial charge in [0, 0.05) is 28.6 Å². The molecule has 0 saturated heterocycles. The van der Waals surface area contributed by atoms with E-state index < -0.39 is 0 Å². The van der Waals surface area contributed by atoms with Gasteiger partial charge in [0.1, 0.15) is 5.84 Å². The van der Waals surface area contributed by atoms with E-state index in [4.69, 9.17) is 15.9 Å². The molecule has 0 aromatic carbocycles. The Labute approximate surface area is 116 Å². The minimum absolute atomic E-state index is 0.0219. The van der Waals surface area contributed by atoms with E-state index in [1.54, 1.807) is 23.5 Å². The molecule has 5 nitrogen and oxygen atoms in total. The third kappa shape index (κ3) is 3.51.